The third-order valence-corrected chi connectivity index (χ3v) is 16.7. The summed E-state index contributed by atoms with van der Waals surface area (Å²) in [6.45, 7) is 24.2. The molecule has 0 N–H and O–H groups in total. The Kier molecular flexibility index (Phi) is 27.6. The van der Waals surface area contributed by atoms with Crippen molar-refractivity contribution in [1.82, 2.24) is 0 Å². The van der Waals surface area contributed by atoms with Crippen LogP contribution in [0.5, 0.6) is 0 Å². The molecule has 0 amide bonds. The second kappa shape index (κ2) is 32.6. The van der Waals surface area contributed by atoms with Gasteiger partial charge in [0.05, 0.1) is 49.3 Å². The molecular formula is C57H64O28Si. The number of rotatable bonds is 2. The van der Waals surface area contributed by atoms with Crippen molar-refractivity contribution in [3.05, 3.63) is 82.5 Å². The van der Waals surface area contributed by atoms with Crippen molar-refractivity contribution >= 4 is 116 Å². The molecule has 10 rings (SSSR count). The molecule has 0 atom stereocenters. The van der Waals surface area contributed by atoms with E-state index in [1.54, 1.807) is 38.1 Å². The molecule has 1 aromatic carbocycles. The van der Waals surface area contributed by atoms with Crippen LogP contribution in [-0.4, -0.2) is 122 Å². The predicted octanol–water partition coefficient (Wildman–Crippen LogP) is 4.90. The van der Waals surface area contributed by atoms with Crippen LogP contribution in [0, 0.1) is 11.3 Å². The van der Waals surface area contributed by atoms with Crippen molar-refractivity contribution in [3.8, 4) is 0 Å². The molecule has 28 nitrogen and oxygen atoms in total. The summed E-state index contributed by atoms with van der Waals surface area (Å²) in [6.07, 6.45) is 6.38. The van der Waals surface area contributed by atoms with Crippen molar-refractivity contribution in [2.24, 2.45) is 11.3 Å². The first-order chi connectivity index (χ1) is 39.7. The van der Waals surface area contributed by atoms with E-state index in [4.69, 9.17) is 4.43 Å². The maximum absolute atomic E-state index is 11.1. The molecule has 5 saturated heterocycles. The molecule has 0 radical (unpaired) electrons. The molecule has 29 heteroatoms. The van der Waals surface area contributed by atoms with E-state index in [-0.39, 0.29) is 59.2 Å². The summed E-state index contributed by atoms with van der Waals surface area (Å²) in [4.78, 5) is 188. The van der Waals surface area contributed by atoms with Gasteiger partial charge in [-0.2, -0.15) is 0 Å². The third-order valence-electron chi connectivity index (χ3n) is 12.2. The summed E-state index contributed by atoms with van der Waals surface area (Å²) in [7, 11) is -1.91. The van der Waals surface area contributed by atoms with Crippen molar-refractivity contribution in [2.45, 2.75) is 151 Å². The Hall–Kier alpha value is -9.38. The fraction of sp³-hybridized carbons (Fsp3) is 0.439. The summed E-state index contributed by atoms with van der Waals surface area (Å²) in [5, 5.41) is 0.0808. The molecule has 0 unspecified atom stereocenters. The van der Waals surface area contributed by atoms with E-state index in [1.165, 1.54) is 13.0 Å². The lowest BCUT2D eigenvalue weighted by atomic mass is 9.84. The Morgan fingerprint density at radius 3 is 1.15 bits per heavy atom. The molecule has 0 saturated carbocycles. The highest BCUT2D eigenvalue weighted by atomic mass is 28.4. The number of hydrogen-bond acceptors (Lipinski definition) is 28. The normalized spacial score (nSPS) is 19.5. The smallest absolute Gasteiger partial charge is 0.346 e. The Bertz CT molecular complexity index is 2930. The van der Waals surface area contributed by atoms with Gasteiger partial charge >= 0.3 is 107 Å². The lowest BCUT2D eigenvalue weighted by molar-refractivity contribution is -0.169. The molecule has 0 aromatic heterocycles. The van der Waals surface area contributed by atoms with Crippen LogP contribution in [0.4, 0.5) is 0 Å². The van der Waals surface area contributed by atoms with E-state index in [0.717, 1.165) is 12.2 Å². The van der Waals surface area contributed by atoms with Gasteiger partial charge in [-0.3, -0.25) is 43.2 Å². The third kappa shape index (κ3) is 26.0. The van der Waals surface area contributed by atoms with Crippen LogP contribution in [0.15, 0.2) is 71.4 Å². The maximum atomic E-state index is 11.1. The van der Waals surface area contributed by atoms with Crippen molar-refractivity contribution in [2.75, 3.05) is 0 Å². The average molecular weight is 1230 g/mol. The second-order valence-electron chi connectivity index (χ2n) is 21.5. The molecular weight excluding hydrogens is 1160 g/mol. The van der Waals surface area contributed by atoms with Gasteiger partial charge in [-0.05, 0) is 68.8 Å². The zero-order valence-corrected chi connectivity index (χ0v) is 49.9. The summed E-state index contributed by atoms with van der Waals surface area (Å²) < 4.78 is 44.1. The van der Waals surface area contributed by atoms with E-state index < -0.39 is 104 Å². The molecule has 464 valence electrons. The van der Waals surface area contributed by atoms with E-state index in [0.29, 0.717) is 72.8 Å². The van der Waals surface area contributed by atoms with Crippen molar-refractivity contribution in [1.29, 1.82) is 0 Å². The number of esters is 18. The lowest BCUT2D eigenvalue weighted by Gasteiger charge is -2.39. The molecule has 9 aliphatic heterocycles. The standard InChI is InChI=1S/C11H20O4Si.C8H4O3.C7H10O3.C6H8O3.C6H6O3.2C5H4O3.C5H6O3.C4H2O3/c1-11(2,3)16(4,5)15-8-6-9(12)14-10(13)7-8;9-7-5-3-1-2-4-6(5)8(10)11-7;1-7(2)3-5(8)10-6(9)4-7;1-4-2-5(7)9-6(8)3-4;1-3-4(2)6(8)9-5(3)7;2*1-3-2-4(6)8-5(3)7;6-4-2-1-3-5(7)8-4;5-3-1-2-4(6)7-3/h8H,6-7H2,1-5H3;1-4H;3-4H2,1-2H3;4H,2-3H2,1H3;1-2H3;2H,1H3;1-2H2;1-3H2;1-2H. The van der Waals surface area contributed by atoms with Gasteiger partial charge in [0.1, 0.15) is 0 Å². The van der Waals surface area contributed by atoms with Crippen LogP contribution in [0.1, 0.15) is 147 Å². The summed E-state index contributed by atoms with van der Waals surface area (Å²) >= 11 is 0. The fourth-order valence-corrected chi connectivity index (χ4v) is 7.96. The number of ether oxygens (including phenoxy) is 9. The van der Waals surface area contributed by atoms with Gasteiger partial charge < -0.3 is 47.1 Å². The Labute approximate surface area is 492 Å². The van der Waals surface area contributed by atoms with Crippen LogP contribution in [0.3, 0.4) is 0 Å². The monoisotopic (exact) mass is 1220 g/mol. The molecule has 0 spiro atoms. The van der Waals surface area contributed by atoms with Gasteiger partial charge in [0, 0.05) is 66.2 Å². The minimum Gasteiger partial charge on any atom is -0.413 e. The van der Waals surface area contributed by atoms with Gasteiger partial charge in [0.2, 0.25) is 0 Å². The molecule has 9 heterocycles. The van der Waals surface area contributed by atoms with Crippen LogP contribution in [0.2, 0.25) is 18.1 Å². The molecule has 5 fully saturated rings. The summed E-state index contributed by atoms with van der Waals surface area (Å²) in [5.41, 5.74) is 1.96. The number of carbonyl (C=O) groups excluding carboxylic acids is 18. The minimum atomic E-state index is -1.91. The highest BCUT2D eigenvalue weighted by Crippen LogP contribution is 2.38. The molecule has 86 heavy (non-hydrogen) atoms. The number of hydrogen-bond donors (Lipinski definition) is 0. The van der Waals surface area contributed by atoms with Crippen LogP contribution >= 0.6 is 0 Å². The number of fused-ring (bicyclic) bond motifs is 1. The highest BCUT2D eigenvalue weighted by molar-refractivity contribution is 6.74. The Morgan fingerprint density at radius 1 is 0.488 bits per heavy atom. The van der Waals surface area contributed by atoms with Gasteiger partial charge in [0.25, 0.3) is 0 Å². The van der Waals surface area contributed by atoms with E-state index in [9.17, 15) is 86.3 Å². The molecule has 0 bridgehead atoms. The zero-order valence-electron chi connectivity index (χ0n) is 48.9. The van der Waals surface area contributed by atoms with Crippen LogP contribution < -0.4 is 0 Å². The van der Waals surface area contributed by atoms with Crippen molar-refractivity contribution < 1.29 is 133 Å². The largest absolute Gasteiger partial charge is 0.413 e. The molecule has 1 aromatic rings. The van der Waals surface area contributed by atoms with Crippen molar-refractivity contribution in [3.63, 3.8) is 0 Å². The van der Waals surface area contributed by atoms with Gasteiger partial charge in [-0.25, -0.2) is 43.2 Å². The topological polar surface area (TPSA) is 400 Å². The van der Waals surface area contributed by atoms with Crippen LogP contribution in [-0.2, 0) is 124 Å². The number of benzene rings is 1. The van der Waals surface area contributed by atoms with E-state index >= 15 is 0 Å². The summed E-state index contributed by atoms with van der Waals surface area (Å²) in [6, 6.07) is 6.53. The summed E-state index contributed by atoms with van der Waals surface area (Å²) in [5.74, 6) is -8.61. The lowest BCUT2D eigenvalue weighted by Crippen LogP contribution is -2.46. The minimum absolute atomic E-state index is 0.0544. The predicted molar refractivity (Wildman–Crippen MR) is 287 cm³/mol. The molecule has 9 aliphatic rings. The van der Waals surface area contributed by atoms with E-state index in [2.05, 4.69) is 83.1 Å². The fourth-order valence-electron chi connectivity index (χ4n) is 6.61. The van der Waals surface area contributed by atoms with E-state index in [1.807, 2.05) is 20.8 Å². The number of carbonyl (C=O) groups is 18. The first-order valence-corrected chi connectivity index (χ1v) is 28.8. The first-order valence-electron chi connectivity index (χ1n) is 25.9. The number of cyclic esters (lactones) is 18. The average Bonchev–Trinajstić information content (AvgIpc) is 3.67. The second-order valence-corrected chi connectivity index (χ2v) is 26.2. The van der Waals surface area contributed by atoms with Gasteiger partial charge in [-0.15, -0.1) is 0 Å². The Morgan fingerprint density at radius 2 is 0.895 bits per heavy atom. The molecule has 0 aliphatic carbocycles. The maximum Gasteiger partial charge on any atom is 0.346 e. The van der Waals surface area contributed by atoms with Crippen LogP contribution in [0.25, 0.3) is 0 Å². The Balaban J connectivity index is 0.000000334. The van der Waals surface area contributed by atoms with Gasteiger partial charge in [-0.1, -0.05) is 60.3 Å². The quantitative estimate of drug-likeness (QED) is 0.125. The zero-order chi connectivity index (χ0) is 65.6. The highest BCUT2D eigenvalue weighted by Gasteiger charge is 2.42. The first kappa shape index (κ1) is 72.7. The van der Waals surface area contributed by atoms with Gasteiger partial charge in [0.15, 0.2) is 8.32 Å². The SMILES string of the molecule is C=C1CC(=O)OC1=O.CC(C)(C)[Si](C)(C)OC1CC(=O)OC(=O)C1.CC1(C)CC(=O)OC(=O)C1.CC1=C(C)C(=O)OC1=O.CC1=CC(=O)OC1=O.CC1CC(=O)OC(=O)C1.O=C1C=CC(=O)O1.O=C1CCCC(=O)O1.O=C1OC(=O)c2ccccc21.